The topological polar surface area (TPSA) is 33.5 Å². The van der Waals surface area contributed by atoms with Crippen LogP contribution < -0.4 is 10.5 Å². The van der Waals surface area contributed by atoms with Crippen molar-refractivity contribution in [2.24, 2.45) is 0 Å². The number of benzene rings is 1. The van der Waals surface area contributed by atoms with Crippen LogP contribution in [0.1, 0.15) is 19.4 Å². The Morgan fingerprint density at radius 2 is 2.00 bits per heavy atom. The first kappa shape index (κ1) is 12.3. The molecule has 0 amide bonds. The first-order valence-electron chi connectivity index (χ1n) is 5.99. The summed E-state index contributed by atoms with van der Waals surface area (Å²) in [7, 11) is 0. The maximum Gasteiger partial charge on any atom is 0.352 e. The second kappa shape index (κ2) is 4.97. The molecule has 1 heterocycles. The molecule has 0 N–H and O–H groups in total. The summed E-state index contributed by atoms with van der Waals surface area (Å²) >= 11 is 0. The van der Waals surface area contributed by atoms with Gasteiger partial charge in [-0.15, -0.1) is 6.42 Å². The minimum atomic E-state index is -0.457. The molecular weight excluding hydrogens is 226 g/mol. The average molecular weight is 241 g/mol. The van der Waals surface area contributed by atoms with E-state index in [9.17, 15) is 4.79 Å². The minimum Gasteiger partial charge on any atom is -0.422 e. The largest absolute Gasteiger partial charge is 0.422 e. The Morgan fingerprint density at radius 1 is 1.28 bits per heavy atom. The molecule has 0 aliphatic heterocycles. The van der Waals surface area contributed by atoms with Gasteiger partial charge in [-0.3, -0.25) is 0 Å². The standard InChI is InChI=1S/C15H15NO2/c1-4-11-9-12-7-8-13(16(5-2)6-3)10-14(12)18-15(11)17/h1,7-10H,5-6H2,2-3H3. The SMILES string of the molecule is C#Cc1cc2ccc(N(CC)CC)cc2oc1=O. The number of rotatable bonds is 3. The normalized spacial score (nSPS) is 10.3. The smallest absolute Gasteiger partial charge is 0.352 e. The lowest BCUT2D eigenvalue weighted by atomic mass is 10.1. The van der Waals surface area contributed by atoms with Crippen molar-refractivity contribution in [3.8, 4) is 12.3 Å². The summed E-state index contributed by atoms with van der Waals surface area (Å²) in [6, 6.07) is 7.50. The van der Waals surface area contributed by atoms with Crippen LogP contribution in [0.5, 0.6) is 0 Å². The van der Waals surface area contributed by atoms with Crippen LogP contribution in [-0.4, -0.2) is 13.1 Å². The number of hydrogen-bond acceptors (Lipinski definition) is 3. The molecule has 0 unspecified atom stereocenters. The van der Waals surface area contributed by atoms with E-state index >= 15 is 0 Å². The van der Waals surface area contributed by atoms with E-state index < -0.39 is 5.63 Å². The number of anilines is 1. The third-order valence-corrected chi connectivity index (χ3v) is 3.00. The first-order valence-corrected chi connectivity index (χ1v) is 5.99. The van der Waals surface area contributed by atoms with E-state index in [-0.39, 0.29) is 5.56 Å². The van der Waals surface area contributed by atoms with Crippen molar-refractivity contribution in [3.63, 3.8) is 0 Å². The van der Waals surface area contributed by atoms with Crippen LogP contribution in [0.4, 0.5) is 5.69 Å². The van der Waals surface area contributed by atoms with Gasteiger partial charge in [0.2, 0.25) is 0 Å². The summed E-state index contributed by atoms with van der Waals surface area (Å²) in [5, 5.41) is 0.846. The predicted molar refractivity (Wildman–Crippen MR) is 74.0 cm³/mol. The third kappa shape index (κ3) is 2.10. The average Bonchev–Trinajstić information content (AvgIpc) is 2.39. The molecule has 0 radical (unpaired) electrons. The van der Waals surface area contributed by atoms with E-state index in [4.69, 9.17) is 10.8 Å². The lowest BCUT2D eigenvalue weighted by molar-refractivity contribution is 0.558. The van der Waals surface area contributed by atoms with Gasteiger partial charge in [0.15, 0.2) is 0 Å². The highest BCUT2D eigenvalue weighted by Gasteiger charge is 2.06. The summed E-state index contributed by atoms with van der Waals surface area (Å²) < 4.78 is 5.24. The van der Waals surface area contributed by atoms with Gasteiger partial charge in [0.25, 0.3) is 0 Å². The molecule has 1 aromatic carbocycles. The molecule has 3 heteroatoms. The lowest BCUT2D eigenvalue weighted by Crippen LogP contribution is -2.21. The van der Waals surface area contributed by atoms with Crippen molar-refractivity contribution in [1.29, 1.82) is 0 Å². The zero-order chi connectivity index (χ0) is 13.1. The van der Waals surface area contributed by atoms with Gasteiger partial charge in [0.05, 0.1) is 0 Å². The van der Waals surface area contributed by atoms with Crippen molar-refractivity contribution in [3.05, 3.63) is 40.2 Å². The molecule has 0 bridgehead atoms. The molecule has 3 nitrogen and oxygen atoms in total. The summed E-state index contributed by atoms with van der Waals surface area (Å²) in [5.74, 6) is 2.33. The van der Waals surface area contributed by atoms with E-state index in [0.717, 1.165) is 24.2 Å². The van der Waals surface area contributed by atoms with Gasteiger partial charge in [0.1, 0.15) is 11.1 Å². The summed E-state index contributed by atoms with van der Waals surface area (Å²) in [4.78, 5) is 13.8. The first-order chi connectivity index (χ1) is 8.69. The van der Waals surface area contributed by atoms with E-state index in [1.807, 2.05) is 18.2 Å². The van der Waals surface area contributed by atoms with Gasteiger partial charge in [-0.1, -0.05) is 5.92 Å². The fourth-order valence-corrected chi connectivity index (χ4v) is 1.99. The van der Waals surface area contributed by atoms with Crippen molar-refractivity contribution < 1.29 is 4.42 Å². The maximum atomic E-state index is 11.6. The number of terminal acetylenes is 1. The zero-order valence-electron chi connectivity index (χ0n) is 10.6. The molecule has 0 saturated heterocycles. The van der Waals surface area contributed by atoms with Gasteiger partial charge >= 0.3 is 5.63 Å². The van der Waals surface area contributed by atoms with Crippen molar-refractivity contribution in [2.45, 2.75) is 13.8 Å². The van der Waals surface area contributed by atoms with Crippen molar-refractivity contribution >= 4 is 16.7 Å². The number of nitrogens with zero attached hydrogens (tertiary/aromatic N) is 1. The Balaban J connectivity index is 2.59. The molecule has 0 saturated carbocycles. The van der Waals surface area contributed by atoms with E-state index in [1.165, 1.54) is 0 Å². The Hall–Kier alpha value is -2.21. The van der Waals surface area contributed by atoms with Gasteiger partial charge in [0, 0.05) is 30.2 Å². The van der Waals surface area contributed by atoms with Gasteiger partial charge in [-0.2, -0.15) is 0 Å². The summed E-state index contributed by atoms with van der Waals surface area (Å²) in [6.07, 6.45) is 5.24. The fraction of sp³-hybridized carbons (Fsp3) is 0.267. The minimum absolute atomic E-state index is 0.262. The van der Waals surface area contributed by atoms with Crippen LogP contribution >= 0.6 is 0 Å². The second-order valence-electron chi connectivity index (χ2n) is 3.99. The molecule has 1 aromatic heterocycles. The van der Waals surface area contributed by atoms with Crippen molar-refractivity contribution in [1.82, 2.24) is 0 Å². The van der Waals surface area contributed by atoms with Crippen LogP contribution in [0.25, 0.3) is 11.0 Å². The Kier molecular flexibility index (Phi) is 3.38. The highest BCUT2D eigenvalue weighted by Crippen LogP contribution is 2.21. The van der Waals surface area contributed by atoms with Crippen molar-refractivity contribution in [2.75, 3.05) is 18.0 Å². The highest BCUT2D eigenvalue weighted by molar-refractivity contribution is 5.81. The predicted octanol–water partition coefficient (Wildman–Crippen LogP) is 2.62. The van der Waals surface area contributed by atoms with E-state index in [1.54, 1.807) is 6.07 Å². The van der Waals surface area contributed by atoms with E-state index in [2.05, 4.69) is 24.7 Å². The van der Waals surface area contributed by atoms with Crippen LogP contribution in [0, 0.1) is 12.3 Å². The summed E-state index contributed by atoms with van der Waals surface area (Å²) in [6.45, 7) is 6.00. The molecule has 2 rings (SSSR count). The molecule has 2 aromatic rings. The second-order valence-corrected chi connectivity index (χ2v) is 3.99. The molecule has 0 spiro atoms. The monoisotopic (exact) mass is 241 g/mol. The van der Waals surface area contributed by atoms with Gasteiger partial charge < -0.3 is 9.32 Å². The van der Waals surface area contributed by atoms with Crippen LogP contribution in [0.2, 0.25) is 0 Å². The van der Waals surface area contributed by atoms with Crippen LogP contribution in [-0.2, 0) is 0 Å². The van der Waals surface area contributed by atoms with E-state index in [0.29, 0.717) is 5.58 Å². The highest BCUT2D eigenvalue weighted by atomic mass is 16.4. The fourth-order valence-electron chi connectivity index (χ4n) is 1.99. The number of hydrogen-bond donors (Lipinski definition) is 0. The molecule has 0 aliphatic rings. The molecule has 0 fully saturated rings. The molecule has 0 aliphatic carbocycles. The Bertz CT molecular complexity index is 660. The Morgan fingerprint density at radius 3 is 2.61 bits per heavy atom. The zero-order valence-corrected chi connectivity index (χ0v) is 10.6. The third-order valence-electron chi connectivity index (χ3n) is 3.00. The molecule has 18 heavy (non-hydrogen) atoms. The summed E-state index contributed by atoms with van der Waals surface area (Å²) in [5.41, 5.74) is 1.42. The van der Waals surface area contributed by atoms with Gasteiger partial charge in [-0.05, 0) is 32.0 Å². The van der Waals surface area contributed by atoms with Gasteiger partial charge in [-0.25, -0.2) is 4.79 Å². The van der Waals surface area contributed by atoms with Crippen LogP contribution in [0.3, 0.4) is 0 Å². The molecule has 92 valence electrons. The maximum absolute atomic E-state index is 11.6. The lowest BCUT2D eigenvalue weighted by Gasteiger charge is -2.20. The molecule has 0 atom stereocenters. The Labute approximate surface area is 106 Å². The van der Waals surface area contributed by atoms with Crippen LogP contribution in [0.15, 0.2) is 33.5 Å². The number of fused-ring (bicyclic) bond motifs is 1. The quantitative estimate of drug-likeness (QED) is 0.612. The molecular formula is C15H15NO2.